The second kappa shape index (κ2) is 9.52. The van der Waals surface area contributed by atoms with E-state index in [2.05, 4.69) is 29.1 Å². The highest BCUT2D eigenvalue weighted by molar-refractivity contribution is 5.54. The third-order valence-corrected chi connectivity index (χ3v) is 3.16. The summed E-state index contributed by atoms with van der Waals surface area (Å²) in [6, 6.07) is 0. The van der Waals surface area contributed by atoms with Crippen LogP contribution in [0.5, 0.6) is 0 Å². The van der Waals surface area contributed by atoms with Crippen LogP contribution in [-0.2, 0) is 9.47 Å². The molecule has 1 heterocycles. The Morgan fingerprint density at radius 2 is 1.90 bits per heavy atom. The third-order valence-electron chi connectivity index (χ3n) is 3.16. The Morgan fingerprint density at radius 3 is 2.57 bits per heavy atom. The Morgan fingerprint density at radius 1 is 1.14 bits per heavy atom. The zero-order valence-electron chi connectivity index (χ0n) is 13.6. The first-order chi connectivity index (χ1) is 10.1. The molecule has 0 aliphatic carbocycles. The van der Waals surface area contributed by atoms with E-state index >= 15 is 0 Å². The first-order valence-corrected chi connectivity index (χ1v) is 7.50. The van der Waals surface area contributed by atoms with Crippen LogP contribution in [0, 0.1) is 6.92 Å². The molecule has 0 radical (unpaired) electrons. The number of rotatable bonds is 10. The maximum Gasteiger partial charge on any atom is 0.135 e. The van der Waals surface area contributed by atoms with Crippen molar-refractivity contribution in [1.29, 1.82) is 0 Å². The molecule has 0 amide bonds. The van der Waals surface area contributed by atoms with Crippen LogP contribution in [0.2, 0.25) is 0 Å². The zero-order chi connectivity index (χ0) is 15.7. The van der Waals surface area contributed by atoms with Crippen LogP contribution >= 0.6 is 0 Å². The highest BCUT2D eigenvalue weighted by Gasteiger charge is 2.10. The van der Waals surface area contributed by atoms with E-state index in [9.17, 15) is 0 Å². The average Bonchev–Trinajstić information content (AvgIpc) is 2.45. The van der Waals surface area contributed by atoms with Crippen molar-refractivity contribution in [2.45, 2.75) is 39.5 Å². The number of methoxy groups -OCH3 is 1. The van der Waals surface area contributed by atoms with Gasteiger partial charge in [0.1, 0.15) is 17.5 Å². The van der Waals surface area contributed by atoms with Crippen molar-refractivity contribution in [3.8, 4) is 0 Å². The number of nitrogens with one attached hydrogen (secondary N) is 1. The molecular formula is C15H28N4O2. The molecule has 1 rings (SSSR count). The average molecular weight is 296 g/mol. The molecule has 0 aliphatic rings. The molecule has 0 saturated carbocycles. The molecule has 0 fully saturated rings. The smallest absolute Gasteiger partial charge is 0.135 e. The van der Waals surface area contributed by atoms with Crippen molar-refractivity contribution in [2.75, 3.05) is 44.5 Å². The summed E-state index contributed by atoms with van der Waals surface area (Å²) in [7, 11) is 1.68. The van der Waals surface area contributed by atoms with E-state index in [-0.39, 0.29) is 5.92 Å². The molecule has 0 aromatic carbocycles. The highest BCUT2D eigenvalue weighted by Crippen LogP contribution is 2.20. The molecule has 6 nitrogen and oxygen atoms in total. The van der Waals surface area contributed by atoms with Gasteiger partial charge in [0.2, 0.25) is 0 Å². The van der Waals surface area contributed by atoms with Crippen LogP contribution in [0.3, 0.4) is 0 Å². The quantitative estimate of drug-likeness (QED) is 0.645. The zero-order valence-corrected chi connectivity index (χ0v) is 13.6. The number of anilines is 2. The first-order valence-electron chi connectivity index (χ1n) is 7.50. The number of nitrogen functional groups attached to an aromatic ring is 1. The molecule has 0 spiro atoms. The van der Waals surface area contributed by atoms with Crippen molar-refractivity contribution < 1.29 is 9.47 Å². The molecule has 0 aliphatic heterocycles. The molecule has 0 unspecified atom stereocenters. The molecule has 6 heteroatoms. The summed E-state index contributed by atoms with van der Waals surface area (Å²) in [6.07, 6.45) is 2.03. The topological polar surface area (TPSA) is 82.3 Å². The number of hydrogen-bond acceptors (Lipinski definition) is 6. The number of unbranched alkanes of at least 4 members (excludes halogenated alkanes) is 1. The fraction of sp³-hybridized carbons (Fsp3) is 0.733. The van der Waals surface area contributed by atoms with Gasteiger partial charge in [-0.05, 0) is 19.8 Å². The lowest BCUT2D eigenvalue weighted by Crippen LogP contribution is -2.12. The van der Waals surface area contributed by atoms with Crippen LogP contribution in [0.4, 0.5) is 11.6 Å². The van der Waals surface area contributed by atoms with Crippen molar-refractivity contribution in [3.63, 3.8) is 0 Å². The lowest BCUT2D eigenvalue weighted by atomic mass is 10.2. The van der Waals surface area contributed by atoms with Crippen LogP contribution in [-0.4, -0.2) is 43.4 Å². The Hall–Kier alpha value is -1.40. The Kier molecular flexibility index (Phi) is 8.00. The maximum absolute atomic E-state index is 5.93. The highest BCUT2D eigenvalue weighted by atomic mass is 16.5. The minimum Gasteiger partial charge on any atom is -0.383 e. The second-order valence-electron chi connectivity index (χ2n) is 5.33. The van der Waals surface area contributed by atoms with Gasteiger partial charge in [-0.15, -0.1) is 0 Å². The van der Waals surface area contributed by atoms with Gasteiger partial charge in [0.05, 0.1) is 13.2 Å². The number of nitrogens with zero attached hydrogens (tertiary/aromatic N) is 2. The summed E-state index contributed by atoms with van der Waals surface area (Å²) in [6.45, 7) is 8.97. The Labute approximate surface area is 127 Å². The van der Waals surface area contributed by atoms with Gasteiger partial charge in [-0.3, -0.25) is 0 Å². The molecule has 0 atom stereocenters. The minimum absolute atomic E-state index is 0.266. The monoisotopic (exact) mass is 296 g/mol. The van der Waals surface area contributed by atoms with E-state index < -0.39 is 0 Å². The maximum atomic E-state index is 5.93. The summed E-state index contributed by atoms with van der Waals surface area (Å²) in [5.74, 6) is 2.44. The second-order valence-corrected chi connectivity index (χ2v) is 5.33. The predicted molar refractivity (Wildman–Crippen MR) is 85.7 cm³/mol. The molecule has 3 N–H and O–H groups in total. The van der Waals surface area contributed by atoms with Gasteiger partial charge in [-0.2, -0.15) is 0 Å². The van der Waals surface area contributed by atoms with E-state index in [1.54, 1.807) is 7.11 Å². The fourth-order valence-corrected chi connectivity index (χ4v) is 1.76. The lowest BCUT2D eigenvalue weighted by Gasteiger charge is -2.13. The van der Waals surface area contributed by atoms with Crippen LogP contribution in [0.25, 0.3) is 0 Å². The first kappa shape index (κ1) is 17.7. The Bertz CT molecular complexity index is 424. The van der Waals surface area contributed by atoms with Gasteiger partial charge in [0.25, 0.3) is 0 Å². The minimum atomic E-state index is 0.266. The molecule has 0 saturated heterocycles. The summed E-state index contributed by atoms with van der Waals surface area (Å²) in [5, 5.41) is 3.34. The van der Waals surface area contributed by atoms with Gasteiger partial charge >= 0.3 is 0 Å². The van der Waals surface area contributed by atoms with Gasteiger partial charge in [0, 0.05) is 31.7 Å². The van der Waals surface area contributed by atoms with Gasteiger partial charge in [0.15, 0.2) is 0 Å². The van der Waals surface area contributed by atoms with Crippen molar-refractivity contribution in [1.82, 2.24) is 9.97 Å². The molecule has 0 bridgehead atoms. The summed E-state index contributed by atoms with van der Waals surface area (Å²) in [5.41, 5.74) is 6.85. The third kappa shape index (κ3) is 6.27. The van der Waals surface area contributed by atoms with E-state index in [1.165, 1.54) is 0 Å². The number of aromatic nitrogens is 2. The summed E-state index contributed by atoms with van der Waals surface area (Å²) in [4.78, 5) is 8.85. The summed E-state index contributed by atoms with van der Waals surface area (Å²) >= 11 is 0. The number of nitrogens with two attached hydrogens (primary N) is 1. The lowest BCUT2D eigenvalue weighted by molar-refractivity contribution is 0.0691. The largest absolute Gasteiger partial charge is 0.383 e. The molecule has 21 heavy (non-hydrogen) atoms. The van der Waals surface area contributed by atoms with Gasteiger partial charge < -0.3 is 20.5 Å². The molecule has 1 aromatic heterocycles. The van der Waals surface area contributed by atoms with Crippen LogP contribution in [0.15, 0.2) is 0 Å². The number of ether oxygens (including phenoxy) is 2. The number of hydrogen-bond donors (Lipinski definition) is 2. The van der Waals surface area contributed by atoms with Crippen LogP contribution < -0.4 is 11.1 Å². The standard InChI is InChI=1S/C15H28N4O2/c1-11(2)14-18-13(16)12(3)15(19-14)17-7-5-6-8-21-10-9-20-4/h11H,5-10H2,1-4H3,(H3,16,17,18,19). The van der Waals surface area contributed by atoms with E-state index in [0.717, 1.165) is 43.2 Å². The van der Waals surface area contributed by atoms with Gasteiger partial charge in [-0.25, -0.2) is 9.97 Å². The molecular weight excluding hydrogens is 268 g/mol. The summed E-state index contributed by atoms with van der Waals surface area (Å²) < 4.78 is 10.3. The normalized spacial score (nSPS) is 11.1. The van der Waals surface area contributed by atoms with Crippen LogP contribution in [0.1, 0.15) is 44.0 Å². The molecule has 120 valence electrons. The van der Waals surface area contributed by atoms with Crippen molar-refractivity contribution in [2.24, 2.45) is 0 Å². The SMILES string of the molecule is COCCOCCCCNc1nc(C(C)C)nc(N)c1C. The predicted octanol–water partition coefficient (Wildman–Crippen LogP) is 2.35. The van der Waals surface area contributed by atoms with E-state index in [4.69, 9.17) is 15.2 Å². The van der Waals surface area contributed by atoms with Crippen molar-refractivity contribution in [3.05, 3.63) is 11.4 Å². The molecule has 1 aromatic rings. The van der Waals surface area contributed by atoms with E-state index in [0.29, 0.717) is 19.0 Å². The van der Waals surface area contributed by atoms with Gasteiger partial charge in [-0.1, -0.05) is 13.8 Å². The van der Waals surface area contributed by atoms with E-state index in [1.807, 2.05) is 6.92 Å². The Balaban J connectivity index is 2.34. The fourth-order valence-electron chi connectivity index (χ4n) is 1.76. The van der Waals surface area contributed by atoms with Crippen molar-refractivity contribution >= 4 is 11.6 Å².